The zero-order valence-corrected chi connectivity index (χ0v) is 13.0. The molecule has 22 heavy (non-hydrogen) atoms. The molecule has 2 rings (SSSR count). The van der Waals surface area contributed by atoms with Gasteiger partial charge in [-0.15, -0.1) is 0 Å². The van der Waals surface area contributed by atoms with E-state index in [-0.39, 0.29) is 32.1 Å². The number of carbonyl (C=O) groups excluding carboxylic acids is 1. The van der Waals surface area contributed by atoms with Crippen LogP contribution in [0.3, 0.4) is 0 Å². The second-order valence-electron chi connectivity index (χ2n) is 4.01. The number of nitrogens with two attached hydrogens (primary N) is 1. The van der Waals surface area contributed by atoms with Crippen molar-refractivity contribution in [3.05, 3.63) is 56.5 Å². The van der Waals surface area contributed by atoms with Crippen LogP contribution < -0.4 is 11.2 Å². The number of pyridine rings is 1. The third-order valence-electron chi connectivity index (χ3n) is 2.56. The van der Waals surface area contributed by atoms with E-state index in [4.69, 9.17) is 40.5 Å². The second kappa shape index (κ2) is 6.91. The maximum absolute atomic E-state index is 13.4. The van der Waals surface area contributed by atoms with E-state index in [1.807, 2.05) is 0 Å². The summed E-state index contributed by atoms with van der Waals surface area (Å²) >= 11 is 17.4. The number of hydrogen-bond donors (Lipinski definition) is 2. The van der Waals surface area contributed by atoms with Crippen LogP contribution >= 0.6 is 34.8 Å². The van der Waals surface area contributed by atoms with Crippen LogP contribution in [0.5, 0.6) is 0 Å². The van der Waals surface area contributed by atoms with Crippen LogP contribution in [-0.2, 0) is 0 Å². The SMILES string of the molecule is Nc1c(Cl)c(Cl)nc(C(=O)N/N=C\c2ccccc2F)c1Cl. The molecule has 0 spiro atoms. The number of nitrogens with zero attached hydrogens (tertiary/aromatic N) is 2. The van der Waals surface area contributed by atoms with Gasteiger partial charge in [0.1, 0.15) is 10.8 Å². The number of aromatic nitrogens is 1. The molecule has 0 radical (unpaired) electrons. The highest BCUT2D eigenvalue weighted by Gasteiger charge is 2.19. The Morgan fingerprint density at radius 1 is 1.27 bits per heavy atom. The smallest absolute Gasteiger partial charge is 0.291 e. The summed E-state index contributed by atoms with van der Waals surface area (Å²) in [7, 11) is 0. The third kappa shape index (κ3) is 3.47. The lowest BCUT2D eigenvalue weighted by Crippen LogP contribution is -2.20. The summed E-state index contributed by atoms with van der Waals surface area (Å²) in [4.78, 5) is 15.7. The normalized spacial score (nSPS) is 10.9. The highest BCUT2D eigenvalue weighted by Crippen LogP contribution is 2.34. The van der Waals surface area contributed by atoms with Gasteiger partial charge in [0.25, 0.3) is 5.91 Å². The predicted molar refractivity (Wildman–Crippen MR) is 85.1 cm³/mol. The van der Waals surface area contributed by atoms with E-state index in [0.29, 0.717) is 0 Å². The van der Waals surface area contributed by atoms with E-state index >= 15 is 0 Å². The van der Waals surface area contributed by atoms with Crippen LogP contribution in [0.2, 0.25) is 15.2 Å². The van der Waals surface area contributed by atoms with Crippen LogP contribution in [0.25, 0.3) is 0 Å². The molecule has 0 aliphatic carbocycles. The fourth-order valence-electron chi connectivity index (χ4n) is 1.47. The van der Waals surface area contributed by atoms with E-state index in [1.165, 1.54) is 18.2 Å². The molecule has 0 fully saturated rings. The molecule has 1 heterocycles. The number of halogens is 4. The Hall–Kier alpha value is -1.89. The van der Waals surface area contributed by atoms with Gasteiger partial charge in [0.05, 0.1) is 16.9 Å². The molecule has 1 aromatic carbocycles. The first-order chi connectivity index (χ1) is 10.4. The molecule has 1 amide bonds. The van der Waals surface area contributed by atoms with E-state index in [1.54, 1.807) is 6.07 Å². The van der Waals surface area contributed by atoms with Gasteiger partial charge in [-0.3, -0.25) is 4.79 Å². The van der Waals surface area contributed by atoms with Crippen LogP contribution in [0.15, 0.2) is 29.4 Å². The van der Waals surface area contributed by atoms with Crippen LogP contribution in [0.1, 0.15) is 16.1 Å². The van der Waals surface area contributed by atoms with Crippen molar-refractivity contribution in [2.45, 2.75) is 0 Å². The lowest BCUT2D eigenvalue weighted by atomic mass is 10.2. The molecule has 2 aromatic rings. The molecule has 3 N–H and O–H groups in total. The third-order valence-corrected chi connectivity index (χ3v) is 3.70. The summed E-state index contributed by atoms with van der Waals surface area (Å²) in [6, 6.07) is 5.92. The van der Waals surface area contributed by atoms with E-state index in [2.05, 4.69) is 15.5 Å². The first-order valence-electron chi connectivity index (χ1n) is 5.79. The Kier molecular flexibility index (Phi) is 5.18. The molecule has 0 aliphatic heterocycles. The van der Waals surface area contributed by atoms with E-state index in [0.717, 1.165) is 6.21 Å². The topological polar surface area (TPSA) is 80.4 Å². The molecule has 0 saturated carbocycles. The van der Waals surface area contributed by atoms with Crippen molar-refractivity contribution >= 4 is 52.6 Å². The van der Waals surface area contributed by atoms with Gasteiger partial charge >= 0.3 is 0 Å². The number of hydrogen-bond acceptors (Lipinski definition) is 4. The number of carbonyl (C=O) groups is 1. The fourth-order valence-corrected chi connectivity index (χ4v) is 2.07. The van der Waals surface area contributed by atoms with Gasteiger partial charge < -0.3 is 5.73 Å². The average molecular weight is 362 g/mol. The average Bonchev–Trinajstić information content (AvgIpc) is 2.50. The molecule has 5 nitrogen and oxygen atoms in total. The lowest BCUT2D eigenvalue weighted by molar-refractivity contribution is 0.0950. The number of amides is 1. The molecule has 1 aromatic heterocycles. The summed E-state index contributed by atoms with van der Waals surface area (Å²) in [6.07, 6.45) is 1.14. The Balaban J connectivity index is 2.19. The number of rotatable bonds is 3. The monoisotopic (exact) mass is 360 g/mol. The Morgan fingerprint density at radius 3 is 2.64 bits per heavy atom. The van der Waals surface area contributed by atoms with Crippen molar-refractivity contribution in [1.29, 1.82) is 0 Å². The van der Waals surface area contributed by atoms with Gasteiger partial charge in [-0.2, -0.15) is 5.10 Å². The molecule has 0 atom stereocenters. The van der Waals surface area contributed by atoms with Crippen molar-refractivity contribution in [3.63, 3.8) is 0 Å². The van der Waals surface area contributed by atoms with Crippen LogP contribution in [0.4, 0.5) is 10.1 Å². The van der Waals surface area contributed by atoms with Crippen molar-refractivity contribution in [2.75, 3.05) is 5.73 Å². The van der Waals surface area contributed by atoms with Gasteiger partial charge in [-0.25, -0.2) is 14.8 Å². The Bertz CT molecular complexity index is 767. The van der Waals surface area contributed by atoms with Crippen molar-refractivity contribution in [2.24, 2.45) is 5.10 Å². The van der Waals surface area contributed by atoms with Crippen molar-refractivity contribution < 1.29 is 9.18 Å². The first-order valence-corrected chi connectivity index (χ1v) is 6.93. The Labute approximate surface area is 139 Å². The molecule has 114 valence electrons. The predicted octanol–water partition coefficient (Wildman–Crippen LogP) is 3.53. The highest BCUT2D eigenvalue weighted by molar-refractivity contribution is 6.46. The molecule has 9 heteroatoms. The quantitative estimate of drug-likeness (QED) is 0.498. The maximum Gasteiger partial charge on any atom is 0.291 e. The number of benzene rings is 1. The minimum Gasteiger partial charge on any atom is -0.396 e. The van der Waals surface area contributed by atoms with E-state index < -0.39 is 11.7 Å². The summed E-state index contributed by atoms with van der Waals surface area (Å²) in [5.74, 6) is -1.24. The Morgan fingerprint density at radius 2 is 1.95 bits per heavy atom. The van der Waals surface area contributed by atoms with Crippen LogP contribution in [0, 0.1) is 5.82 Å². The summed E-state index contributed by atoms with van der Waals surface area (Å²) in [5.41, 5.74) is 7.66. The zero-order valence-electron chi connectivity index (χ0n) is 10.8. The van der Waals surface area contributed by atoms with Crippen molar-refractivity contribution in [3.8, 4) is 0 Å². The standard InChI is InChI=1S/C13H8Cl3FN4O/c14-8-10(18)9(15)12(16)20-11(8)13(22)21-19-5-6-3-1-2-4-7(6)17/h1-5H,(H2,18,20)(H,21,22)/b19-5-. The zero-order chi connectivity index (χ0) is 16.3. The van der Waals surface area contributed by atoms with Gasteiger partial charge in [0.15, 0.2) is 10.8 Å². The maximum atomic E-state index is 13.4. The fraction of sp³-hybridized carbons (Fsp3) is 0. The van der Waals surface area contributed by atoms with Gasteiger partial charge in [0.2, 0.25) is 0 Å². The number of anilines is 1. The number of nitrogen functional groups attached to an aromatic ring is 1. The lowest BCUT2D eigenvalue weighted by Gasteiger charge is -2.07. The van der Waals surface area contributed by atoms with Crippen LogP contribution in [-0.4, -0.2) is 17.1 Å². The number of nitrogens with one attached hydrogen (secondary N) is 1. The summed E-state index contributed by atoms with van der Waals surface area (Å²) in [6.45, 7) is 0. The second-order valence-corrected chi connectivity index (χ2v) is 5.13. The summed E-state index contributed by atoms with van der Waals surface area (Å²) < 4.78 is 13.4. The molecule has 0 unspecified atom stereocenters. The number of hydrazone groups is 1. The van der Waals surface area contributed by atoms with Gasteiger partial charge in [-0.05, 0) is 6.07 Å². The van der Waals surface area contributed by atoms with E-state index in [9.17, 15) is 9.18 Å². The molecule has 0 aliphatic rings. The summed E-state index contributed by atoms with van der Waals surface area (Å²) in [5, 5.41) is 3.27. The minimum absolute atomic E-state index is 0.0434. The first kappa shape index (κ1) is 16.5. The minimum atomic E-state index is -0.761. The van der Waals surface area contributed by atoms with Gasteiger partial charge in [-0.1, -0.05) is 53.0 Å². The molecule has 0 bridgehead atoms. The van der Waals surface area contributed by atoms with Gasteiger partial charge in [0, 0.05) is 5.56 Å². The largest absolute Gasteiger partial charge is 0.396 e. The molecule has 0 saturated heterocycles. The van der Waals surface area contributed by atoms with Crippen molar-refractivity contribution in [1.82, 2.24) is 10.4 Å². The highest BCUT2D eigenvalue weighted by atomic mass is 35.5. The molecular weight excluding hydrogens is 354 g/mol. The molecular formula is C13H8Cl3FN4O.